The van der Waals surface area contributed by atoms with Crippen LogP contribution < -0.4 is 0 Å². The number of aliphatic hydroxyl groups is 1. The lowest BCUT2D eigenvalue weighted by Crippen LogP contribution is -2.35. The van der Waals surface area contributed by atoms with E-state index in [1.165, 1.54) is 6.08 Å². The maximum atomic E-state index is 10.2. The quantitative estimate of drug-likeness (QED) is 0.404. The Morgan fingerprint density at radius 1 is 1.64 bits per heavy atom. The molecule has 0 aliphatic heterocycles. The molecule has 0 heterocycles. The molecule has 0 aromatic heterocycles. The Bertz CT molecular complexity index is 229. The van der Waals surface area contributed by atoms with Crippen LogP contribution in [0.1, 0.15) is 6.92 Å². The predicted molar refractivity (Wildman–Crippen MR) is 36.7 cm³/mol. The molecule has 0 saturated carbocycles. The van der Waals surface area contributed by atoms with Crippen molar-refractivity contribution >= 4 is 7.82 Å². The molecule has 0 radical (unpaired) electrons. The molecule has 1 rings (SSSR count). The smallest absolute Gasteiger partial charge is 0.386 e. The highest BCUT2D eigenvalue weighted by Gasteiger charge is 2.33. The number of hydrogen-bond donors (Lipinski definition) is 3. The lowest BCUT2D eigenvalue weighted by Gasteiger charge is -2.29. The summed E-state index contributed by atoms with van der Waals surface area (Å²) in [6.07, 6.45) is -0.262. The van der Waals surface area contributed by atoms with Crippen LogP contribution in [-0.2, 0) is 9.09 Å². The molecule has 0 amide bonds. The van der Waals surface area contributed by atoms with Crippen LogP contribution in [0.25, 0.3) is 0 Å². The van der Waals surface area contributed by atoms with Crippen molar-refractivity contribution in [3.63, 3.8) is 0 Å². The van der Waals surface area contributed by atoms with Crippen LogP contribution in [-0.4, -0.2) is 27.1 Å². The maximum absolute atomic E-state index is 10.2. The van der Waals surface area contributed by atoms with Crippen LogP contribution >= 0.6 is 7.82 Å². The van der Waals surface area contributed by atoms with Gasteiger partial charge in [-0.2, -0.15) is 0 Å². The molecule has 64 valence electrons. The molecule has 0 bridgehead atoms. The Morgan fingerprint density at radius 3 is 2.45 bits per heavy atom. The molecule has 1 aliphatic carbocycles. The summed E-state index contributed by atoms with van der Waals surface area (Å²) in [5, 5.41) is 9.00. The minimum atomic E-state index is -4.46. The van der Waals surface area contributed by atoms with E-state index in [4.69, 9.17) is 14.9 Å². The van der Waals surface area contributed by atoms with E-state index in [9.17, 15) is 4.57 Å². The Balaban J connectivity index is 2.50. The first-order valence-electron chi connectivity index (χ1n) is 3.00. The molecule has 0 saturated heterocycles. The van der Waals surface area contributed by atoms with Gasteiger partial charge in [0.1, 0.15) is 12.2 Å². The van der Waals surface area contributed by atoms with Crippen molar-refractivity contribution in [1.29, 1.82) is 0 Å². The second-order valence-corrected chi connectivity index (χ2v) is 3.61. The van der Waals surface area contributed by atoms with E-state index in [1.54, 1.807) is 6.92 Å². The first kappa shape index (κ1) is 8.90. The molecule has 0 spiro atoms. The summed E-state index contributed by atoms with van der Waals surface area (Å²) in [7, 11) is -4.46. The molecule has 1 aliphatic rings. The van der Waals surface area contributed by atoms with Gasteiger partial charge in [-0.15, -0.1) is 0 Å². The van der Waals surface area contributed by atoms with Gasteiger partial charge in [-0.25, -0.2) is 4.57 Å². The molecule has 0 aromatic rings. The summed E-state index contributed by atoms with van der Waals surface area (Å²) < 4.78 is 14.4. The number of rotatable bonds is 2. The summed E-state index contributed by atoms with van der Waals surface area (Å²) in [4.78, 5) is 16.6. The topological polar surface area (TPSA) is 87.0 Å². The number of phosphoric acid groups is 1. The van der Waals surface area contributed by atoms with E-state index < -0.39 is 20.0 Å². The molecular weight excluding hydrogens is 171 g/mol. The van der Waals surface area contributed by atoms with Crippen LogP contribution in [0.5, 0.6) is 0 Å². The largest absolute Gasteiger partial charge is 0.470 e. The third-order valence-corrected chi connectivity index (χ3v) is 1.98. The van der Waals surface area contributed by atoms with Gasteiger partial charge in [0.2, 0.25) is 0 Å². The Morgan fingerprint density at radius 2 is 2.18 bits per heavy atom. The van der Waals surface area contributed by atoms with Crippen LogP contribution in [0, 0.1) is 0 Å². The van der Waals surface area contributed by atoms with Gasteiger partial charge in [-0.05, 0) is 12.5 Å². The maximum Gasteiger partial charge on any atom is 0.470 e. The predicted octanol–water partition coefficient (Wildman–Crippen LogP) is -0.215. The summed E-state index contributed by atoms with van der Waals surface area (Å²) in [5.74, 6) is 0. The number of phosphoric ester groups is 1. The fraction of sp³-hybridized carbons (Fsp3) is 0.600. The number of aliphatic hydroxyl groups excluding tert-OH is 1. The van der Waals surface area contributed by atoms with E-state index in [0.717, 1.165) is 0 Å². The van der Waals surface area contributed by atoms with Crippen molar-refractivity contribution in [2.24, 2.45) is 0 Å². The van der Waals surface area contributed by atoms with Gasteiger partial charge in [-0.3, -0.25) is 4.52 Å². The Kier molecular flexibility index (Phi) is 2.18. The lowest BCUT2D eigenvalue weighted by molar-refractivity contribution is 0.0430. The average molecular weight is 180 g/mol. The van der Waals surface area contributed by atoms with E-state index >= 15 is 0 Å². The van der Waals surface area contributed by atoms with Crippen LogP contribution in [0.4, 0.5) is 0 Å². The molecule has 2 atom stereocenters. The van der Waals surface area contributed by atoms with Crippen LogP contribution in [0.2, 0.25) is 0 Å². The zero-order valence-electron chi connectivity index (χ0n) is 5.84. The molecule has 5 nitrogen and oxygen atoms in total. The van der Waals surface area contributed by atoms with Crippen molar-refractivity contribution in [2.45, 2.75) is 19.1 Å². The summed E-state index contributed by atoms with van der Waals surface area (Å²) >= 11 is 0. The summed E-state index contributed by atoms with van der Waals surface area (Å²) in [5.41, 5.74) is 0.670. The monoisotopic (exact) mass is 180 g/mol. The third kappa shape index (κ3) is 2.12. The SMILES string of the molecule is CC1=CC(OP(=O)(O)O)C1O. The van der Waals surface area contributed by atoms with Crippen molar-refractivity contribution in [3.8, 4) is 0 Å². The average Bonchev–Trinajstić information content (AvgIpc) is 1.84. The van der Waals surface area contributed by atoms with Crippen molar-refractivity contribution < 1.29 is 24.0 Å². The lowest BCUT2D eigenvalue weighted by atomic mass is 9.94. The molecular formula is C5H9O5P. The molecule has 6 heteroatoms. The highest BCUT2D eigenvalue weighted by Crippen LogP contribution is 2.41. The van der Waals surface area contributed by atoms with Gasteiger partial charge in [-0.1, -0.05) is 6.08 Å². The van der Waals surface area contributed by atoms with Crippen molar-refractivity contribution in [3.05, 3.63) is 11.6 Å². The number of hydrogen-bond acceptors (Lipinski definition) is 3. The zero-order chi connectivity index (χ0) is 8.65. The van der Waals surface area contributed by atoms with Crippen molar-refractivity contribution in [2.75, 3.05) is 0 Å². The second kappa shape index (κ2) is 2.69. The van der Waals surface area contributed by atoms with Gasteiger partial charge >= 0.3 is 7.82 Å². The Hall–Kier alpha value is -0.190. The van der Waals surface area contributed by atoms with Gasteiger partial charge in [0.25, 0.3) is 0 Å². The summed E-state index contributed by atoms with van der Waals surface area (Å²) in [6.45, 7) is 1.66. The zero-order valence-corrected chi connectivity index (χ0v) is 6.73. The van der Waals surface area contributed by atoms with Gasteiger partial charge in [0.15, 0.2) is 0 Å². The molecule has 0 aromatic carbocycles. The van der Waals surface area contributed by atoms with E-state index in [0.29, 0.717) is 5.57 Å². The van der Waals surface area contributed by atoms with Gasteiger partial charge < -0.3 is 14.9 Å². The normalized spacial score (nSPS) is 31.1. The van der Waals surface area contributed by atoms with Crippen LogP contribution in [0.3, 0.4) is 0 Å². The second-order valence-electron chi connectivity index (χ2n) is 2.42. The summed E-state index contributed by atoms with van der Waals surface area (Å²) in [6, 6.07) is 0. The fourth-order valence-corrected chi connectivity index (χ4v) is 1.33. The first-order chi connectivity index (χ1) is 4.90. The molecule has 11 heavy (non-hydrogen) atoms. The van der Waals surface area contributed by atoms with E-state index in [2.05, 4.69) is 4.52 Å². The first-order valence-corrected chi connectivity index (χ1v) is 4.53. The molecule has 0 fully saturated rings. The van der Waals surface area contributed by atoms with Gasteiger partial charge in [0.05, 0.1) is 0 Å². The fourth-order valence-electron chi connectivity index (χ4n) is 0.836. The highest BCUT2D eigenvalue weighted by atomic mass is 31.2. The van der Waals surface area contributed by atoms with E-state index in [1.807, 2.05) is 0 Å². The van der Waals surface area contributed by atoms with Crippen molar-refractivity contribution in [1.82, 2.24) is 0 Å². The third-order valence-electron chi connectivity index (χ3n) is 1.46. The van der Waals surface area contributed by atoms with E-state index in [-0.39, 0.29) is 0 Å². The molecule has 2 unspecified atom stereocenters. The Labute approximate surface area is 63.5 Å². The highest BCUT2D eigenvalue weighted by molar-refractivity contribution is 7.46. The van der Waals surface area contributed by atoms with Gasteiger partial charge in [0, 0.05) is 0 Å². The standard InChI is InChI=1S/C5H9O5P/c1-3-2-4(5(3)6)10-11(7,8)9/h2,4-6H,1H3,(H2,7,8,9). The minimum absolute atomic E-state index is 0.670. The minimum Gasteiger partial charge on any atom is -0.386 e. The van der Waals surface area contributed by atoms with Crippen LogP contribution in [0.15, 0.2) is 11.6 Å². The molecule has 3 N–H and O–H groups in total.